The Balaban J connectivity index is 2.02. The lowest BCUT2D eigenvalue weighted by atomic mass is 10.1. The number of para-hydroxylation sites is 1. The van der Waals surface area contributed by atoms with Crippen LogP contribution in [0.1, 0.15) is 12.8 Å². The summed E-state index contributed by atoms with van der Waals surface area (Å²) >= 11 is 0. The third-order valence-electron chi connectivity index (χ3n) is 2.86. The van der Waals surface area contributed by atoms with Crippen molar-refractivity contribution in [3.63, 3.8) is 0 Å². The quantitative estimate of drug-likeness (QED) is 0.774. The minimum absolute atomic E-state index is 0.511. The Morgan fingerprint density at radius 3 is 2.95 bits per heavy atom. The Labute approximate surface area is 110 Å². The van der Waals surface area contributed by atoms with Crippen LogP contribution in [0.3, 0.4) is 0 Å². The number of hydrogen-bond acceptors (Lipinski definition) is 5. The molecule has 0 spiro atoms. The lowest BCUT2D eigenvalue weighted by molar-refractivity contribution is 0.482. The van der Waals surface area contributed by atoms with E-state index in [-0.39, 0.29) is 0 Å². The van der Waals surface area contributed by atoms with Crippen LogP contribution in [0.25, 0.3) is 22.4 Å². The van der Waals surface area contributed by atoms with Crippen molar-refractivity contribution in [2.24, 2.45) is 0 Å². The van der Waals surface area contributed by atoms with Crippen LogP contribution in [0.15, 0.2) is 40.9 Å². The molecule has 5 nitrogen and oxygen atoms in total. The highest BCUT2D eigenvalue weighted by Gasteiger charge is 2.11. The summed E-state index contributed by atoms with van der Waals surface area (Å²) in [5, 5.41) is 12.3. The van der Waals surface area contributed by atoms with E-state index in [0.29, 0.717) is 18.3 Å². The summed E-state index contributed by atoms with van der Waals surface area (Å²) in [4.78, 5) is 4.39. The largest absolute Gasteiger partial charge is 0.419 e. The molecule has 0 saturated heterocycles. The van der Waals surface area contributed by atoms with E-state index in [1.54, 1.807) is 6.20 Å². The summed E-state index contributed by atoms with van der Waals surface area (Å²) in [6, 6.07) is 9.85. The third kappa shape index (κ3) is 2.32. The topological polar surface area (TPSA) is 63.8 Å². The SMILES string of the molecule is CCNCc1nnc(-c2cccc3cccnc23)o1. The molecule has 1 N–H and O–H groups in total. The summed E-state index contributed by atoms with van der Waals surface area (Å²) in [5.41, 5.74) is 1.75. The van der Waals surface area contributed by atoms with E-state index in [9.17, 15) is 0 Å². The highest BCUT2D eigenvalue weighted by Crippen LogP contribution is 2.25. The van der Waals surface area contributed by atoms with Crippen LogP contribution in [0.4, 0.5) is 0 Å². The Bertz CT molecular complexity index is 687. The van der Waals surface area contributed by atoms with Crippen molar-refractivity contribution in [2.45, 2.75) is 13.5 Å². The number of aromatic nitrogens is 3. The number of nitrogens with one attached hydrogen (secondary N) is 1. The van der Waals surface area contributed by atoms with Crippen LogP contribution in [0, 0.1) is 0 Å². The van der Waals surface area contributed by atoms with Crippen LogP contribution >= 0.6 is 0 Å². The van der Waals surface area contributed by atoms with Crippen LogP contribution in [0.2, 0.25) is 0 Å². The third-order valence-corrected chi connectivity index (χ3v) is 2.86. The van der Waals surface area contributed by atoms with Gasteiger partial charge in [-0.15, -0.1) is 10.2 Å². The second-order valence-corrected chi connectivity index (χ2v) is 4.16. The number of pyridine rings is 1. The zero-order valence-electron chi connectivity index (χ0n) is 10.6. The van der Waals surface area contributed by atoms with Crippen molar-refractivity contribution in [2.75, 3.05) is 6.54 Å². The maximum absolute atomic E-state index is 5.66. The summed E-state index contributed by atoms with van der Waals surface area (Å²) < 4.78 is 5.66. The molecule has 0 aliphatic carbocycles. The van der Waals surface area contributed by atoms with Gasteiger partial charge in [0.25, 0.3) is 0 Å². The molecular formula is C14H14N4O. The van der Waals surface area contributed by atoms with E-state index < -0.39 is 0 Å². The Kier molecular flexibility index (Phi) is 3.20. The first-order chi connectivity index (χ1) is 9.38. The highest BCUT2D eigenvalue weighted by molar-refractivity contribution is 5.91. The molecule has 1 aromatic carbocycles. The predicted molar refractivity (Wildman–Crippen MR) is 72.4 cm³/mol. The van der Waals surface area contributed by atoms with E-state index >= 15 is 0 Å². The Hall–Kier alpha value is -2.27. The molecule has 2 aromatic heterocycles. The molecule has 19 heavy (non-hydrogen) atoms. The lowest BCUT2D eigenvalue weighted by Gasteiger charge is -2.00. The average molecular weight is 254 g/mol. The van der Waals surface area contributed by atoms with Gasteiger partial charge in [0.05, 0.1) is 17.6 Å². The zero-order chi connectivity index (χ0) is 13.1. The minimum Gasteiger partial charge on any atom is -0.419 e. The summed E-state index contributed by atoms with van der Waals surface area (Å²) in [6.07, 6.45) is 1.77. The van der Waals surface area contributed by atoms with Gasteiger partial charge in [0, 0.05) is 11.6 Å². The van der Waals surface area contributed by atoms with Gasteiger partial charge >= 0.3 is 0 Å². The molecule has 0 unspecified atom stereocenters. The first-order valence-corrected chi connectivity index (χ1v) is 6.25. The van der Waals surface area contributed by atoms with E-state index in [1.807, 2.05) is 37.3 Å². The first-order valence-electron chi connectivity index (χ1n) is 6.25. The standard InChI is InChI=1S/C14H14N4O/c1-2-15-9-12-17-18-14(19-12)11-7-3-5-10-6-4-8-16-13(10)11/h3-8,15H,2,9H2,1H3. The molecule has 0 aliphatic heterocycles. The number of rotatable bonds is 4. The minimum atomic E-state index is 0.511. The highest BCUT2D eigenvalue weighted by atomic mass is 16.4. The maximum Gasteiger partial charge on any atom is 0.250 e. The van der Waals surface area contributed by atoms with Gasteiger partial charge in [0.15, 0.2) is 0 Å². The fourth-order valence-corrected chi connectivity index (χ4v) is 1.94. The molecule has 96 valence electrons. The number of fused-ring (bicyclic) bond motifs is 1. The monoisotopic (exact) mass is 254 g/mol. The molecule has 0 amide bonds. The van der Waals surface area contributed by atoms with Gasteiger partial charge in [-0.1, -0.05) is 25.1 Å². The van der Waals surface area contributed by atoms with E-state index in [1.165, 1.54) is 0 Å². The molecule has 5 heteroatoms. The average Bonchev–Trinajstić information content (AvgIpc) is 2.93. The van der Waals surface area contributed by atoms with Gasteiger partial charge in [0.2, 0.25) is 11.8 Å². The molecule has 0 fully saturated rings. The van der Waals surface area contributed by atoms with E-state index in [4.69, 9.17) is 4.42 Å². The molecule has 3 rings (SSSR count). The van der Waals surface area contributed by atoms with Crippen molar-refractivity contribution in [1.82, 2.24) is 20.5 Å². The molecule has 3 aromatic rings. The van der Waals surface area contributed by atoms with Crippen LogP contribution in [-0.2, 0) is 6.54 Å². The van der Waals surface area contributed by atoms with Gasteiger partial charge < -0.3 is 9.73 Å². The molecule has 2 heterocycles. The Morgan fingerprint density at radius 1 is 1.16 bits per heavy atom. The van der Waals surface area contributed by atoms with Gasteiger partial charge in [-0.3, -0.25) is 4.98 Å². The van der Waals surface area contributed by atoms with Gasteiger partial charge in [-0.2, -0.15) is 0 Å². The van der Waals surface area contributed by atoms with Crippen molar-refractivity contribution < 1.29 is 4.42 Å². The molecule has 0 aliphatic rings. The van der Waals surface area contributed by atoms with E-state index in [0.717, 1.165) is 23.0 Å². The summed E-state index contributed by atoms with van der Waals surface area (Å²) in [6.45, 7) is 3.49. The van der Waals surface area contributed by atoms with Crippen molar-refractivity contribution in [3.8, 4) is 11.5 Å². The first kappa shape index (κ1) is 11.8. The lowest BCUT2D eigenvalue weighted by Crippen LogP contribution is -2.11. The normalized spacial score (nSPS) is 11.0. The van der Waals surface area contributed by atoms with Crippen molar-refractivity contribution in [3.05, 3.63) is 42.4 Å². The van der Waals surface area contributed by atoms with Crippen LogP contribution in [0.5, 0.6) is 0 Å². The summed E-state index contributed by atoms with van der Waals surface area (Å²) in [5.74, 6) is 1.10. The summed E-state index contributed by atoms with van der Waals surface area (Å²) in [7, 11) is 0. The predicted octanol–water partition coefficient (Wildman–Crippen LogP) is 2.39. The van der Waals surface area contributed by atoms with E-state index in [2.05, 4.69) is 20.5 Å². The molecular weight excluding hydrogens is 240 g/mol. The van der Waals surface area contributed by atoms with Crippen molar-refractivity contribution >= 4 is 10.9 Å². The number of benzene rings is 1. The van der Waals surface area contributed by atoms with Gasteiger partial charge in [-0.25, -0.2) is 0 Å². The second-order valence-electron chi connectivity index (χ2n) is 4.16. The smallest absolute Gasteiger partial charge is 0.250 e. The van der Waals surface area contributed by atoms with Crippen LogP contribution < -0.4 is 5.32 Å². The number of hydrogen-bond donors (Lipinski definition) is 1. The maximum atomic E-state index is 5.66. The molecule has 0 saturated carbocycles. The zero-order valence-corrected chi connectivity index (χ0v) is 10.6. The Morgan fingerprint density at radius 2 is 2.05 bits per heavy atom. The fraction of sp³-hybridized carbons (Fsp3) is 0.214. The molecule has 0 radical (unpaired) electrons. The fourth-order valence-electron chi connectivity index (χ4n) is 1.94. The van der Waals surface area contributed by atoms with Crippen LogP contribution in [-0.4, -0.2) is 21.7 Å². The molecule has 0 atom stereocenters. The van der Waals surface area contributed by atoms with Gasteiger partial charge in [-0.05, 0) is 18.7 Å². The van der Waals surface area contributed by atoms with Gasteiger partial charge in [0.1, 0.15) is 0 Å². The number of nitrogens with zero attached hydrogens (tertiary/aromatic N) is 3. The molecule has 0 bridgehead atoms. The second kappa shape index (κ2) is 5.16. The van der Waals surface area contributed by atoms with Crippen molar-refractivity contribution in [1.29, 1.82) is 0 Å².